The van der Waals surface area contributed by atoms with Crippen molar-refractivity contribution < 1.29 is 24.3 Å². The molecule has 164 valence electrons. The molecule has 4 rings (SSSR count). The van der Waals surface area contributed by atoms with Gasteiger partial charge in [0.15, 0.2) is 5.69 Å². The second-order valence-electron chi connectivity index (χ2n) is 7.15. The predicted molar refractivity (Wildman–Crippen MR) is 108 cm³/mol. The van der Waals surface area contributed by atoms with Crippen LogP contribution in [0.25, 0.3) is 10.9 Å². The summed E-state index contributed by atoms with van der Waals surface area (Å²) in [6, 6.07) is 3.75. The molecule has 0 bridgehead atoms. The number of fused-ring (bicyclic) bond motifs is 1. The van der Waals surface area contributed by atoms with Gasteiger partial charge in [0.2, 0.25) is 11.8 Å². The lowest BCUT2D eigenvalue weighted by Gasteiger charge is -2.24. The Morgan fingerprint density at radius 2 is 2.06 bits per heavy atom. The molecular formula is C19H17N7O6. The summed E-state index contributed by atoms with van der Waals surface area (Å²) in [7, 11) is 0. The summed E-state index contributed by atoms with van der Waals surface area (Å²) in [5, 5.41) is 21.0. The average molecular weight is 439 g/mol. The van der Waals surface area contributed by atoms with Gasteiger partial charge in [-0.05, 0) is 25.5 Å². The molecule has 0 radical (unpaired) electrons. The Hall–Kier alpha value is -4.42. The number of aryl methyl sites for hydroxylation is 1. The molecule has 1 aliphatic heterocycles. The number of nitrogens with zero attached hydrogens (tertiary/aromatic N) is 5. The number of aliphatic carboxylic acids is 1. The standard InChI is InChI=1S/C19H17N7O6/c1-9-20-16-10(19(32)26(9)13-5-6-14(27)22-18(13)31)3-2-4-11(16)21-17(30)12-7-25(24-23-12)8-15(28)29/h2-4,7,13H,5-6,8H2,1H3,(H,21,30)(H,28,29)(H,22,27,31). The Kier molecular flexibility index (Phi) is 5.22. The Bertz CT molecular complexity index is 1340. The third-order valence-corrected chi connectivity index (χ3v) is 4.95. The van der Waals surface area contributed by atoms with Crippen molar-refractivity contribution in [3.63, 3.8) is 0 Å². The molecule has 3 heterocycles. The second kappa shape index (κ2) is 8.02. The van der Waals surface area contributed by atoms with Crippen LogP contribution < -0.4 is 16.2 Å². The number of carboxylic acid groups (broad SMARTS) is 1. The van der Waals surface area contributed by atoms with Gasteiger partial charge < -0.3 is 10.4 Å². The van der Waals surface area contributed by atoms with E-state index in [1.54, 1.807) is 19.1 Å². The molecule has 1 atom stereocenters. The summed E-state index contributed by atoms with van der Waals surface area (Å²) in [4.78, 5) is 64.6. The van der Waals surface area contributed by atoms with E-state index in [9.17, 15) is 24.0 Å². The van der Waals surface area contributed by atoms with Crippen molar-refractivity contribution in [1.29, 1.82) is 0 Å². The number of carbonyl (C=O) groups is 4. The van der Waals surface area contributed by atoms with Crippen molar-refractivity contribution >= 4 is 40.3 Å². The fraction of sp³-hybridized carbons (Fsp3) is 0.263. The van der Waals surface area contributed by atoms with Crippen LogP contribution in [0.5, 0.6) is 0 Å². The van der Waals surface area contributed by atoms with E-state index >= 15 is 0 Å². The summed E-state index contributed by atoms with van der Waals surface area (Å²) < 4.78 is 2.24. The van der Waals surface area contributed by atoms with Crippen LogP contribution in [-0.2, 0) is 20.9 Å². The number of aromatic nitrogens is 5. The first-order chi connectivity index (χ1) is 15.2. The van der Waals surface area contributed by atoms with E-state index in [-0.39, 0.29) is 41.0 Å². The fourth-order valence-corrected chi connectivity index (χ4v) is 3.53. The van der Waals surface area contributed by atoms with E-state index in [4.69, 9.17) is 5.11 Å². The van der Waals surface area contributed by atoms with Gasteiger partial charge in [0.1, 0.15) is 23.9 Å². The van der Waals surface area contributed by atoms with Gasteiger partial charge in [0.05, 0.1) is 17.3 Å². The maximum Gasteiger partial charge on any atom is 0.325 e. The third kappa shape index (κ3) is 3.82. The smallest absolute Gasteiger partial charge is 0.325 e. The van der Waals surface area contributed by atoms with Crippen molar-refractivity contribution in [3.05, 3.63) is 46.3 Å². The molecule has 13 nitrogen and oxygen atoms in total. The van der Waals surface area contributed by atoms with E-state index in [1.165, 1.54) is 16.8 Å². The molecule has 3 amide bonds. The van der Waals surface area contributed by atoms with Crippen molar-refractivity contribution in [2.75, 3.05) is 5.32 Å². The first-order valence-electron chi connectivity index (χ1n) is 9.53. The topological polar surface area (TPSA) is 178 Å². The molecule has 3 N–H and O–H groups in total. The molecule has 1 aliphatic rings. The lowest BCUT2D eigenvalue weighted by molar-refractivity contribution is -0.138. The minimum Gasteiger partial charge on any atom is -0.480 e. The first kappa shape index (κ1) is 20.8. The molecule has 0 aliphatic carbocycles. The predicted octanol–water partition coefficient (Wildman–Crippen LogP) is -0.389. The van der Waals surface area contributed by atoms with Gasteiger partial charge in [0, 0.05) is 6.42 Å². The van der Waals surface area contributed by atoms with Crippen LogP contribution in [0.1, 0.15) is 35.2 Å². The minimum absolute atomic E-state index is 0.110. The summed E-state index contributed by atoms with van der Waals surface area (Å²) in [5.41, 5.74) is -0.150. The fourth-order valence-electron chi connectivity index (χ4n) is 3.53. The number of nitrogens with one attached hydrogen (secondary N) is 2. The number of rotatable bonds is 5. The first-order valence-corrected chi connectivity index (χ1v) is 9.53. The van der Waals surface area contributed by atoms with E-state index in [0.717, 1.165) is 4.68 Å². The lowest BCUT2D eigenvalue weighted by atomic mass is 10.1. The van der Waals surface area contributed by atoms with Crippen LogP contribution in [0.2, 0.25) is 0 Å². The molecule has 13 heteroatoms. The second-order valence-corrected chi connectivity index (χ2v) is 7.15. The SMILES string of the molecule is Cc1nc2c(NC(=O)c3cn(CC(=O)O)nn3)cccc2c(=O)n1C1CCC(=O)NC1=O. The zero-order valence-electron chi connectivity index (χ0n) is 16.7. The average Bonchev–Trinajstić information content (AvgIpc) is 3.18. The van der Waals surface area contributed by atoms with Crippen LogP contribution >= 0.6 is 0 Å². The van der Waals surface area contributed by atoms with Gasteiger partial charge in [-0.15, -0.1) is 5.10 Å². The number of benzene rings is 1. The van der Waals surface area contributed by atoms with Gasteiger partial charge in [0.25, 0.3) is 11.5 Å². The molecule has 32 heavy (non-hydrogen) atoms. The normalized spacial score (nSPS) is 16.1. The van der Waals surface area contributed by atoms with Gasteiger partial charge in [-0.1, -0.05) is 11.3 Å². The van der Waals surface area contributed by atoms with Crippen molar-refractivity contribution in [2.24, 2.45) is 0 Å². The highest BCUT2D eigenvalue weighted by molar-refractivity contribution is 6.07. The van der Waals surface area contributed by atoms with Crippen LogP contribution in [0, 0.1) is 6.92 Å². The highest BCUT2D eigenvalue weighted by atomic mass is 16.4. The number of hydrogen-bond acceptors (Lipinski definition) is 8. The summed E-state index contributed by atoms with van der Waals surface area (Å²) in [6.07, 6.45) is 1.48. The third-order valence-electron chi connectivity index (χ3n) is 4.95. The minimum atomic E-state index is -1.14. The maximum atomic E-state index is 13.2. The van der Waals surface area contributed by atoms with Crippen LogP contribution in [0.3, 0.4) is 0 Å². The monoisotopic (exact) mass is 439 g/mol. The summed E-state index contributed by atoms with van der Waals surface area (Å²) >= 11 is 0. The van der Waals surface area contributed by atoms with Gasteiger partial charge in [-0.25, -0.2) is 9.67 Å². The van der Waals surface area contributed by atoms with Crippen LogP contribution in [0.15, 0.2) is 29.2 Å². The number of carbonyl (C=O) groups excluding carboxylic acids is 3. The van der Waals surface area contributed by atoms with Crippen LogP contribution in [0.4, 0.5) is 5.69 Å². The quantitative estimate of drug-likeness (QED) is 0.447. The highest BCUT2D eigenvalue weighted by Gasteiger charge is 2.30. The van der Waals surface area contributed by atoms with E-state index in [1.807, 2.05) is 0 Å². The molecular weight excluding hydrogens is 422 g/mol. The molecule has 2 aromatic heterocycles. The molecule has 1 saturated heterocycles. The Balaban J connectivity index is 1.68. The van der Waals surface area contributed by atoms with E-state index in [0.29, 0.717) is 0 Å². The molecule has 1 fully saturated rings. The number of hydrogen-bond donors (Lipinski definition) is 3. The van der Waals surface area contributed by atoms with E-state index < -0.39 is 41.8 Å². The van der Waals surface area contributed by atoms with Gasteiger partial charge >= 0.3 is 5.97 Å². The number of anilines is 1. The van der Waals surface area contributed by atoms with Crippen molar-refractivity contribution in [3.8, 4) is 0 Å². The number of carboxylic acids is 1. The molecule has 1 aromatic carbocycles. The Morgan fingerprint density at radius 1 is 1.28 bits per heavy atom. The van der Waals surface area contributed by atoms with E-state index in [2.05, 4.69) is 25.9 Å². The Labute approximate surface area is 179 Å². The molecule has 0 spiro atoms. The molecule has 3 aromatic rings. The zero-order valence-corrected chi connectivity index (χ0v) is 16.7. The zero-order chi connectivity index (χ0) is 23.0. The largest absolute Gasteiger partial charge is 0.480 e. The summed E-state index contributed by atoms with van der Waals surface area (Å²) in [5.74, 6) is -2.52. The molecule has 0 saturated carbocycles. The number of imide groups is 1. The highest BCUT2D eigenvalue weighted by Crippen LogP contribution is 2.23. The van der Waals surface area contributed by atoms with Crippen molar-refractivity contribution in [2.45, 2.75) is 32.4 Å². The summed E-state index contributed by atoms with van der Waals surface area (Å²) in [6.45, 7) is 1.11. The van der Waals surface area contributed by atoms with Gasteiger partial charge in [-0.3, -0.25) is 33.9 Å². The van der Waals surface area contributed by atoms with Gasteiger partial charge in [-0.2, -0.15) is 0 Å². The number of amides is 3. The number of piperidine rings is 1. The van der Waals surface area contributed by atoms with Crippen LogP contribution in [-0.4, -0.2) is 53.3 Å². The van der Waals surface area contributed by atoms with Crippen molar-refractivity contribution in [1.82, 2.24) is 29.9 Å². The Morgan fingerprint density at radius 3 is 2.78 bits per heavy atom. The molecule has 1 unspecified atom stereocenters. The number of para-hydroxylation sites is 1. The lowest BCUT2D eigenvalue weighted by Crippen LogP contribution is -2.45. The maximum absolute atomic E-state index is 13.2.